The normalized spacial score (nSPS) is 11.7. The molecule has 6 heteroatoms. The SMILES string of the molecule is Cc1nc(COc2cccc(C(=O)N[C@@H](c3ccccc3)c3ccc(Cl)cc3)c2)cs1. The van der Waals surface area contributed by atoms with Crippen LogP contribution in [-0.4, -0.2) is 10.9 Å². The summed E-state index contributed by atoms with van der Waals surface area (Å²) in [5.41, 5.74) is 3.35. The van der Waals surface area contributed by atoms with E-state index in [1.54, 1.807) is 23.5 Å². The number of benzene rings is 3. The summed E-state index contributed by atoms with van der Waals surface area (Å²) in [6.45, 7) is 2.33. The Morgan fingerprint density at radius 3 is 2.48 bits per heavy atom. The summed E-state index contributed by atoms with van der Waals surface area (Å²) in [7, 11) is 0. The number of rotatable bonds is 7. The summed E-state index contributed by atoms with van der Waals surface area (Å²) in [5, 5.41) is 6.77. The molecule has 0 saturated carbocycles. The Kier molecular flexibility index (Phi) is 6.65. The molecule has 4 aromatic rings. The van der Waals surface area contributed by atoms with Crippen LogP contribution in [0.3, 0.4) is 0 Å². The van der Waals surface area contributed by atoms with Gasteiger partial charge in [-0.15, -0.1) is 11.3 Å². The number of carbonyl (C=O) groups is 1. The van der Waals surface area contributed by atoms with Crippen LogP contribution in [-0.2, 0) is 6.61 Å². The van der Waals surface area contributed by atoms with E-state index in [-0.39, 0.29) is 11.9 Å². The smallest absolute Gasteiger partial charge is 0.252 e. The first-order chi connectivity index (χ1) is 15.1. The summed E-state index contributed by atoms with van der Waals surface area (Å²) in [6, 6.07) is 24.2. The van der Waals surface area contributed by atoms with Crippen molar-refractivity contribution >= 4 is 28.8 Å². The van der Waals surface area contributed by atoms with E-state index in [1.165, 1.54) is 0 Å². The third kappa shape index (κ3) is 5.51. The number of nitrogens with zero attached hydrogens (tertiary/aromatic N) is 1. The maximum absolute atomic E-state index is 13.1. The quantitative estimate of drug-likeness (QED) is 0.366. The first-order valence-corrected chi connectivity index (χ1v) is 11.1. The summed E-state index contributed by atoms with van der Waals surface area (Å²) < 4.78 is 5.83. The maximum atomic E-state index is 13.1. The molecule has 1 aromatic heterocycles. The zero-order valence-electron chi connectivity index (χ0n) is 16.9. The van der Waals surface area contributed by atoms with E-state index < -0.39 is 0 Å². The van der Waals surface area contributed by atoms with Crippen molar-refractivity contribution in [3.05, 3.63) is 117 Å². The van der Waals surface area contributed by atoms with E-state index in [4.69, 9.17) is 16.3 Å². The van der Waals surface area contributed by atoms with Gasteiger partial charge in [-0.05, 0) is 48.4 Å². The molecule has 1 atom stereocenters. The van der Waals surface area contributed by atoms with Crippen molar-refractivity contribution in [1.29, 1.82) is 0 Å². The lowest BCUT2D eigenvalue weighted by atomic mass is 9.98. The number of amides is 1. The Balaban J connectivity index is 1.52. The minimum Gasteiger partial charge on any atom is -0.487 e. The first-order valence-electron chi connectivity index (χ1n) is 9.83. The largest absolute Gasteiger partial charge is 0.487 e. The molecule has 0 spiro atoms. The number of aromatic nitrogens is 1. The highest BCUT2D eigenvalue weighted by Crippen LogP contribution is 2.25. The van der Waals surface area contributed by atoms with Gasteiger partial charge in [0, 0.05) is 16.0 Å². The van der Waals surface area contributed by atoms with Gasteiger partial charge >= 0.3 is 0 Å². The minimum absolute atomic E-state index is 0.182. The number of nitrogens with one attached hydrogen (secondary N) is 1. The van der Waals surface area contributed by atoms with Crippen LogP contribution in [0.1, 0.15) is 38.2 Å². The Labute approximate surface area is 190 Å². The molecule has 0 saturated heterocycles. The van der Waals surface area contributed by atoms with Crippen molar-refractivity contribution in [2.45, 2.75) is 19.6 Å². The molecule has 0 unspecified atom stereocenters. The van der Waals surface area contributed by atoms with Gasteiger partial charge in [0.15, 0.2) is 0 Å². The molecule has 1 amide bonds. The molecule has 0 radical (unpaired) electrons. The molecular weight excluding hydrogens is 428 g/mol. The molecule has 3 aromatic carbocycles. The Morgan fingerprint density at radius 1 is 1.03 bits per heavy atom. The predicted octanol–water partition coefficient (Wildman–Crippen LogP) is 6.20. The molecule has 31 heavy (non-hydrogen) atoms. The first kappa shape index (κ1) is 21.1. The number of carbonyl (C=O) groups excluding carboxylic acids is 1. The second-order valence-electron chi connectivity index (χ2n) is 7.04. The Morgan fingerprint density at radius 2 is 1.77 bits per heavy atom. The van der Waals surface area contributed by atoms with E-state index in [9.17, 15) is 4.79 Å². The summed E-state index contributed by atoms with van der Waals surface area (Å²) in [5.74, 6) is 0.444. The second kappa shape index (κ2) is 9.77. The number of halogens is 1. The van der Waals surface area contributed by atoms with Crippen molar-refractivity contribution in [2.24, 2.45) is 0 Å². The van der Waals surface area contributed by atoms with Gasteiger partial charge in [-0.25, -0.2) is 4.98 Å². The number of hydrogen-bond donors (Lipinski definition) is 1. The van der Waals surface area contributed by atoms with Crippen LogP contribution in [0.2, 0.25) is 5.02 Å². The monoisotopic (exact) mass is 448 g/mol. The van der Waals surface area contributed by atoms with Crippen LogP contribution in [0.4, 0.5) is 0 Å². The zero-order valence-corrected chi connectivity index (χ0v) is 18.5. The fourth-order valence-electron chi connectivity index (χ4n) is 3.23. The highest BCUT2D eigenvalue weighted by atomic mass is 35.5. The third-order valence-electron chi connectivity index (χ3n) is 4.76. The van der Waals surface area contributed by atoms with Crippen molar-refractivity contribution < 1.29 is 9.53 Å². The molecule has 0 aliphatic carbocycles. The Bertz CT molecular complexity index is 1160. The topological polar surface area (TPSA) is 51.2 Å². The maximum Gasteiger partial charge on any atom is 0.252 e. The minimum atomic E-state index is -0.298. The van der Waals surface area contributed by atoms with Gasteiger partial charge in [-0.3, -0.25) is 4.79 Å². The number of ether oxygens (including phenoxy) is 1. The van der Waals surface area contributed by atoms with Crippen LogP contribution in [0, 0.1) is 6.92 Å². The van der Waals surface area contributed by atoms with Crippen molar-refractivity contribution in [1.82, 2.24) is 10.3 Å². The highest BCUT2D eigenvalue weighted by Gasteiger charge is 2.18. The standard InChI is InChI=1S/C25H21ClN2O2S/c1-17-27-22(16-31-17)15-30-23-9-5-8-20(14-23)25(29)28-24(18-6-3-2-4-7-18)19-10-12-21(26)13-11-19/h2-14,16,24H,15H2,1H3,(H,28,29)/t24-/m0/s1. The van der Waals surface area contributed by atoms with Gasteiger partial charge in [0.25, 0.3) is 5.91 Å². The van der Waals surface area contributed by atoms with Crippen molar-refractivity contribution in [3.8, 4) is 5.75 Å². The van der Waals surface area contributed by atoms with Crippen LogP contribution in [0.15, 0.2) is 84.2 Å². The number of hydrogen-bond acceptors (Lipinski definition) is 4. The molecule has 0 aliphatic heterocycles. The molecule has 0 fully saturated rings. The lowest BCUT2D eigenvalue weighted by Gasteiger charge is -2.20. The van der Waals surface area contributed by atoms with Gasteiger partial charge in [0.05, 0.1) is 16.7 Å². The van der Waals surface area contributed by atoms with Crippen molar-refractivity contribution in [2.75, 3.05) is 0 Å². The molecule has 4 nitrogen and oxygen atoms in total. The Hall–Kier alpha value is -3.15. The van der Waals surface area contributed by atoms with Crippen LogP contribution < -0.4 is 10.1 Å². The van der Waals surface area contributed by atoms with E-state index in [0.717, 1.165) is 21.8 Å². The second-order valence-corrected chi connectivity index (χ2v) is 8.54. The molecule has 0 aliphatic rings. The average molecular weight is 449 g/mol. The summed E-state index contributed by atoms with van der Waals surface area (Å²) in [4.78, 5) is 17.5. The van der Waals surface area contributed by atoms with E-state index in [1.807, 2.05) is 79.0 Å². The van der Waals surface area contributed by atoms with Crippen LogP contribution in [0.25, 0.3) is 0 Å². The molecule has 0 bridgehead atoms. The lowest BCUT2D eigenvalue weighted by Crippen LogP contribution is -2.29. The third-order valence-corrected chi connectivity index (χ3v) is 5.84. The molecular formula is C25H21ClN2O2S. The van der Waals surface area contributed by atoms with Gasteiger partial charge in [0.2, 0.25) is 0 Å². The van der Waals surface area contributed by atoms with E-state index >= 15 is 0 Å². The number of thiazole rings is 1. The molecule has 1 N–H and O–H groups in total. The van der Waals surface area contributed by atoms with Crippen LogP contribution in [0.5, 0.6) is 5.75 Å². The highest BCUT2D eigenvalue weighted by molar-refractivity contribution is 7.09. The van der Waals surface area contributed by atoms with Gasteiger partial charge in [-0.1, -0.05) is 60.1 Å². The fourth-order valence-corrected chi connectivity index (χ4v) is 3.96. The van der Waals surface area contributed by atoms with Crippen LogP contribution >= 0.6 is 22.9 Å². The van der Waals surface area contributed by atoms with E-state index in [2.05, 4.69) is 10.3 Å². The van der Waals surface area contributed by atoms with Gasteiger partial charge in [0.1, 0.15) is 12.4 Å². The van der Waals surface area contributed by atoms with Crippen molar-refractivity contribution in [3.63, 3.8) is 0 Å². The molecule has 156 valence electrons. The number of aryl methyl sites for hydroxylation is 1. The predicted molar refractivity (Wildman–Crippen MR) is 125 cm³/mol. The molecule has 4 rings (SSSR count). The summed E-state index contributed by atoms with van der Waals surface area (Å²) in [6.07, 6.45) is 0. The average Bonchev–Trinajstić information content (AvgIpc) is 3.22. The summed E-state index contributed by atoms with van der Waals surface area (Å²) >= 11 is 7.64. The molecule has 1 heterocycles. The zero-order chi connectivity index (χ0) is 21.6. The fraction of sp³-hybridized carbons (Fsp3) is 0.120. The van der Waals surface area contributed by atoms with Gasteiger partial charge < -0.3 is 10.1 Å². The van der Waals surface area contributed by atoms with E-state index in [0.29, 0.717) is 22.9 Å². The lowest BCUT2D eigenvalue weighted by molar-refractivity contribution is 0.0942. The van der Waals surface area contributed by atoms with Gasteiger partial charge in [-0.2, -0.15) is 0 Å².